The maximum absolute atomic E-state index is 13.7. The van der Waals surface area contributed by atoms with Crippen molar-refractivity contribution in [2.45, 2.75) is 0 Å². The minimum absolute atomic E-state index is 0.251. The van der Waals surface area contributed by atoms with Gasteiger partial charge in [0.2, 0.25) is 10.1 Å². The number of halogens is 2. The molecule has 25 heavy (non-hydrogen) atoms. The predicted molar refractivity (Wildman–Crippen MR) is 90.6 cm³/mol. The van der Waals surface area contributed by atoms with Gasteiger partial charge in [0.15, 0.2) is 0 Å². The van der Waals surface area contributed by atoms with Gasteiger partial charge in [-0.3, -0.25) is 10.1 Å². The van der Waals surface area contributed by atoms with Crippen molar-refractivity contribution < 1.29 is 13.6 Å². The molecule has 2 aromatic heterocycles. The molecule has 0 aliphatic rings. The Labute approximate surface area is 144 Å². The van der Waals surface area contributed by atoms with Crippen molar-refractivity contribution in [3.8, 4) is 11.3 Å². The molecule has 0 aliphatic heterocycles. The number of amides is 1. The lowest BCUT2D eigenvalue weighted by atomic mass is 10.2. The SMILES string of the molecule is O=C(Nc1nn2cc(-c3ccccc3)nc2s1)c1ccc(F)cc1F. The molecule has 0 saturated heterocycles. The number of hydrogen-bond donors (Lipinski definition) is 1. The number of carbonyl (C=O) groups excluding carboxylic acids is 1. The molecule has 0 aliphatic carbocycles. The van der Waals surface area contributed by atoms with Gasteiger partial charge in [-0.2, -0.15) is 0 Å². The van der Waals surface area contributed by atoms with Gasteiger partial charge in [-0.05, 0) is 12.1 Å². The van der Waals surface area contributed by atoms with E-state index in [4.69, 9.17) is 0 Å². The fourth-order valence-corrected chi connectivity index (χ4v) is 3.11. The molecule has 5 nitrogen and oxygen atoms in total. The highest BCUT2D eigenvalue weighted by Gasteiger charge is 2.16. The summed E-state index contributed by atoms with van der Waals surface area (Å²) >= 11 is 1.16. The van der Waals surface area contributed by atoms with Gasteiger partial charge in [-0.25, -0.2) is 18.3 Å². The highest BCUT2D eigenvalue weighted by atomic mass is 32.1. The van der Waals surface area contributed by atoms with E-state index < -0.39 is 17.5 Å². The molecule has 1 amide bonds. The zero-order chi connectivity index (χ0) is 17.4. The lowest BCUT2D eigenvalue weighted by Gasteiger charge is -2.02. The molecular formula is C17H10F2N4OS. The fraction of sp³-hybridized carbons (Fsp3) is 0. The van der Waals surface area contributed by atoms with E-state index in [2.05, 4.69) is 15.4 Å². The second kappa shape index (κ2) is 6.06. The number of carbonyl (C=O) groups is 1. The van der Waals surface area contributed by atoms with E-state index in [1.807, 2.05) is 30.3 Å². The van der Waals surface area contributed by atoms with Crippen LogP contribution in [0.5, 0.6) is 0 Å². The Morgan fingerprint density at radius 2 is 1.92 bits per heavy atom. The Morgan fingerprint density at radius 3 is 2.64 bits per heavy atom. The molecule has 4 rings (SSSR count). The van der Waals surface area contributed by atoms with Gasteiger partial charge >= 0.3 is 0 Å². The van der Waals surface area contributed by atoms with Crippen LogP contribution in [0.15, 0.2) is 54.7 Å². The summed E-state index contributed by atoms with van der Waals surface area (Å²) in [4.78, 5) is 17.1. The third-order valence-electron chi connectivity index (χ3n) is 3.51. The quantitative estimate of drug-likeness (QED) is 0.604. The molecule has 0 unspecified atom stereocenters. The van der Waals surface area contributed by atoms with Crippen molar-refractivity contribution in [3.63, 3.8) is 0 Å². The molecule has 8 heteroatoms. The van der Waals surface area contributed by atoms with Crippen LogP contribution >= 0.6 is 11.3 Å². The van der Waals surface area contributed by atoms with Crippen LogP contribution in [0.25, 0.3) is 16.2 Å². The average molecular weight is 356 g/mol. The predicted octanol–water partition coefficient (Wildman–Crippen LogP) is 3.99. The summed E-state index contributed by atoms with van der Waals surface area (Å²) in [7, 11) is 0. The van der Waals surface area contributed by atoms with Crippen molar-refractivity contribution in [1.29, 1.82) is 0 Å². The summed E-state index contributed by atoms with van der Waals surface area (Å²) in [6.45, 7) is 0. The summed E-state index contributed by atoms with van der Waals surface area (Å²) in [6, 6.07) is 12.4. The Bertz CT molecular complexity index is 1040. The van der Waals surface area contributed by atoms with E-state index in [9.17, 15) is 13.6 Å². The van der Waals surface area contributed by atoms with Crippen LogP contribution in [-0.4, -0.2) is 20.5 Å². The normalized spacial score (nSPS) is 11.0. The number of aromatic nitrogens is 3. The Hall–Kier alpha value is -3.13. The molecule has 0 fully saturated rings. The minimum Gasteiger partial charge on any atom is -0.296 e. The van der Waals surface area contributed by atoms with E-state index in [0.29, 0.717) is 11.0 Å². The number of nitrogens with zero attached hydrogens (tertiary/aromatic N) is 3. The number of rotatable bonds is 3. The number of nitrogens with one attached hydrogen (secondary N) is 1. The Kier molecular flexibility index (Phi) is 3.73. The summed E-state index contributed by atoms with van der Waals surface area (Å²) in [5.41, 5.74) is 1.47. The van der Waals surface area contributed by atoms with Crippen molar-refractivity contribution in [2.24, 2.45) is 0 Å². The Morgan fingerprint density at radius 1 is 1.12 bits per heavy atom. The lowest BCUT2D eigenvalue weighted by molar-refractivity contribution is 0.102. The van der Waals surface area contributed by atoms with E-state index >= 15 is 0 Å². The Balaban J connectivity index is 1.58. The fourth-order valence-electron chi connectivity index (χ4n) is 2.34. The molecule has 124 valence electrons. The van der Waals surface area contributed by atoms with Crippen LogP contribution in [0.2, 0.25) is 0 Å². The van der Waals surface area contributed by atoms with Crippen molar-refractivity contribution >= 4 is 27.3 Å². The van der Waals surface area contributed by atoms with Gasteiger partial charge in [0, 0.05) is 11.6 Å². The zero-order valence-corrected chi connectivity index (χ0v) is 13.4. The van der Waals surface area contributed by atoms with Crippen LogP contribution in [0, 0.1) is 11.6 Å². The van der Waals surface area contributed by atoms with Crippen LogP contribution in [0.4, 0.5) is 13.9 Å². The first kappa shape index (κ1) is 15.4. The minimum atomic E-state index is -0.926. The van der Waals surface area contributed by atoms with Crippen LogP contribution in [0.1, 0.15) is 10.4 Å². The van der Waals surface area contributed by atoms with Crippen LogP contribution < -0.4 is 5.32 Å². The molecule has 2 aromatic carbocycles. The average Bonchev–Trinajstić information content (AvgIpc) is 3.14. The van der Waals surface area contributed by atoms with Crippen LogP contribution in [0.3, 0.4) is 0 Å². The maximum Gasteiger partial charge on any atom is 0.260 e. The standard InChI is InChI=1S/C17H10F2N4OS/c18-11-6-7-12(13(19)8-11)15(24)21-16-22-23-9-14(20-17(23)25-16)10-4-2-1-3-5-10/h1-9H,(H,21,22,24). The zero-order valence-electron chi connectivity index (χ0n) is 12.6. The molecular weight excluding hydrogens is 346 g/mol. The first-order valence-corrected chi connectivity index (χ1v) is 8.10. The summed E-state index contributed by atoms with van der Waals surface area (Å²) in [5, 5.41) is 6.99. The van der Waals surface area contributed by atoms with Crippen LogP contribution in [-0.2, 0) is 0 Å². The molecule has 0 spiro atoms. The highest BCUT2D eigenvalue weighted by molar-refractivity contribution is 7.20. The summed E-state index contributed by atoms with van der Waals surface area (Å²) in [6.07, 6.45) is 1.75. The highest BCUT2D eigenvalue weighted by Crippen LogP contribution is 2.24. The van der Waals surface area contributed by atoms with Gasteiger partial charge in [-0.15, -0.1) is 5.10 Å². The molecule has 1 N–H and O–H groups in total. The first-order chi connectivity index (χ1) is 12.1. The number of fused-ring (bicyclic) bond motifs is 1. The molecule has 0 radical (unpaired) electrons. The van der Waals surface area contributed by atoms with Crippen molar-refractivity contribution in [3.05, 3.63) is 71.9 Å². The van der Waals surface area contributed by atoms with E-state index in [-0.39, 0.29) is 10.7 Å². The summed E-state index contributed by atoms with van der Waals surface area (Å²) in [5.74, 6) is -2.36. The van der Waals surface area contributed by atoms with Gasteiger partial charge in [0.1, 0.15) is 11.6 Å². The van der Waals surface area contributed by atoms with Crippen molar-refractivity contribution in [2.75, 3.05) is 5.32 Å². The lowest BCUT2D eigenvalue weighted by Crippen LogP contribution is -2.14. The molecule has 0 bridgehead atoms. The smallest absolute Gasteiger partial charge is 0.260 e. The molecule has 2 heterocycles. The monoisotopic (exact) mass is 356 g/mol. The van der Waals surface area contributed by atoms with Crippen molar-refractivity contribution in [1.82, 2.24) is 14.6 Å². The third kappa shape index (κ3) is 2.99. The second-order valence-corrected chi connectivity index (χ2v) is 6.16. The van der Waals surface area contributed by atoms with Gasteiger partial charge in [0.25, 0.3) is 5.91 Å². The molecule has 4 aromatic rings. The molecule has 0 atom stereocenters. The number of anilines is 1. The second-order valence-electron chi connectivity index (χ2n) is 5.20. The largest absolute Gasteiger partial charge is 0.296 e. The van der Waals surface area contributed by atoms with E-state index in [1.165, 1.54) is 0 Å². The summed E-state index contributed by atoms with van der Waals surface area (Å²) < 4.78 is 28.1. The van der Waals surface area contributed by atoms with Gasteiger partial charge in [-0.1, -0.05) is 41.7 Å². The van der Waals surface area contributed by atoms with Gasteiger partial charge in [0.05, 0.1) is 17.5 Å². The number of hydrogen-bond acceptors (Lipinski definition) is 4. The van der Waals surface area contributed by atoms with E-state index in [0.717, 1.165) is 34.7 Å². The number of benzene rings is 2. The maximum atomic E-state index is 13.7. The molecule has 0 saturated carbocycles. The van der Waals surface area contributed by atoms with Gasteiger partial charge < -0.3 is 0 Å². The number of imidazole rings is 1. The first-order valence-electron chi connectivity index (χ1n) is 7.28. The topological polar surface area (TPSA) is 59.3 Å². The third-order valence-corrected chi connectivity index (χ3v) is 4.35. The van der Waals surface area contributed by atoms with E-state index in [1.54, 1.807) is 10.7 Å².